The summed E-state index contributed by atoms with van der Waals surface area (Å²) in [5, 5.41) is 3.87. The van der Waals surface area contributed by atoms with E-state index in [1.54, 1.807) is 6.92 Å². The molecule has 2 aromatic rings. The van der Waals surface area contributed by atoms with Crippen molar-refractivity contribution in [3.05, 3.63) is 41.3 Å². The van der Waals surface area contributed by atoms with Crippen molar-refractivity contribution in [2.24, 2.45) is 0 Å². The van der Waals surface area contributed by atoms with Gasteiger partial charge in [0.15, 0.2) is 17.5 Å². The zero-order chi connectivity index (χ0) is 11.9. The highest BCUT2D eigenvalue weighted by atomic mass is 19.2. The van der Waals surface area contributed by atoms with Crippen LogP contribution in [0, 0.1) is 24.4 Å². The van der Waals surface area contributed by atoms with Gasteiger partial charge in [-0.2, -0.15) is 5.10 Å². The minimum Gasteiger partial charge on any atom is -0.384 e. The molecule has 84 valence electrons. The Kier molecular flexibility index (Phi) is 2.34. The number of anilines is 1. The predicted octanol–water partition coefficient (Wildman–Crippen LogP) is 2.18. The third-order valence-corrected chi connectivity index (χ3v) is 2.08. The lowest BCUT2D eigenvalue weighted by Crippen LogP contribution is -2.05. The molecule has 2 N–H and O–H groups in total. The van der Waals surface area contributed by atoms with Crippen molar-refractivity contribution < 1.29 is 13.2 Å². The van der Waals surface area contributed by atoms with Crippen LogP contribution >= 0.6 is 0 Å². The average Bonchev–Trinajstić information content (AvgIpc) is 2.51. The summed E-state index contributed by atoms with van der Waals surface area (Å²) >= 11 is 0. The normalized spacial score (nSPS) is 10.8. The molecule has 3 nitrogen and oxygen atoms in total. The van der Waals surface area contributed by atoms with Crippen LogP contribution in [0.4, 0.5) is 19.0 Å². The Morgan fingerprint density at radius 2 is 1.69 bits per heavy atom. The second-order valence-electron chi connectivity index (χ2n) is 3.34. The van der Waals surface area contributed by atoms with Crippen molar-refractivity contribution >= 4 is 5.82 Å². The van der Waals surface area contributed by atoms with Gasteiger partial charge in [-0.3, -0.25) is 0 Å². The molecule has 6 heteroatoms. The highest BCUT2D eigenvalue weighted by Crippen LogP contribution is 2.20. The van der Waals surface area contributed by atoms with E-state index in [2.05, 4.69) is 5.10 Å². The maximum atomic E-state index is 13.4. The van der Waals surface area contributed by atoms with Crippen molar-refractivity contribution in [2.45, 2.75) is 6.92 Å². The monoisotopic (exact) mass is 227 g/mol. The molecule has 0 aliphatic carbocycles. The molecule has 0 saturated heterocycles. The summed E-state index contributed by atoms with van der Waals surface area (Å²) in [6.07, 6.45) is 0. The van der Waals surface area contributed by atoms with E-state index in [0.29, 0.717) is 17.8 Å². The van der Waals surface area contributed by atoms with Crippen LogP contribution in [0.15, 0.2) is 18.2 Å². The number of nitrogen functional groups attached to an aromatic ring is 1. The first kappa shape index (κ1) is 10.5. The number of hydrogen-bond donors (Lipinski definition) is 1. The minimum absolute atomic E-state index is 0.155. The maximum Gasteiger partial charge on any atom is 0.161 e. The van der Waals surface area contributed by atoms with Crippen molar-refractivity contribution in [2.75, 3.05) is 5.73 Å². The second kappa shape index (κ2) is 3.55. The standard InChI is InChI=1S/C10H8F3N3/c1-5-2-10(14)16(15-5)9-4-7(12)6(11)3-8(9)13/h2-4H,14H2,1H3. The molecule has 0 unspecified atom stereocenters. The SMILES string of the molecule is Cc1cc(N)n(-c2cc(F)c(F)cc2F)n1. The Bertz CT molecular complexity index is 548. The highest BCUT2D eigenvalue weighted by molar-refractivity contribution is 5.43. The molecule has 0 bridgehead atoms. The van der Waals surface area contributed by atoms with E-state index >= 15 is 0 Å². The summed E-state index contributed by atoms with van der Waals surface area (Å²) in [7, 11) is 0. The first-order valence-electron chi connectivity index (χ1n) is 4.46. The summed E-state index contributed by atoms with van der Waals surface area (Å²) in [5.41, 5.74) is 5.89. The number of halogens is 3. The fourth-order valence-corrected chi connectivity index (χ4v) is 1.39. The lowest BCUT2D eigenvalue weighted by Gasteiger charge is -2.05. The third-order valence-electron chi connectivity index (χ3n) is 2.08. The minimum atomic E-state index is -1.25. The van der Waals surface area contributed by atoms with Crippen LogP contribution in [0.5, 0.6) is 0 Å². The number of benzene rings is 1. The molecule has 0 spiro atoms. The molecule has 2 rings (SSSR count). The van der Waals surface area contributed by atoms with Gasteiger partial charge in [-0.1, -0.05) is 0 Å². The van der Waals surface area contributed by atoms with E-state index in [1.165, 1.54) is 6.07 Å². The molecule has 1 heterocycles. The van der Waals surface area contributed by atoms with Crippen LogP contribution in [-0.2, 0) is 0 Å². The Balaban J connectivity index is 2.64. The number of hydrogen-bond acceptors (Lipinski definition) is 2. The van der Waals surface area contributed by atoms with Crippen LogP contribution in [-0.4, -0.2) is 9.78 Å². The topological polar surface area (TPSA) is 43.8 Å². The van der Waals surface area contributed by atoms with Crippen LogP contribution in [0.25, 0.3) is 5.69 Å². The van der Waals surface area contributed by atoms with Gasteiger partial charge in [0, 0.05) is 18.2 Å². The van der Waals surface area contributed by atoms with Crippen LogP contribution in [0.1, 0.15) is 5.69 Å². The molecule has 0 atom stereocenters. The lowest BCUT2D eigenvalue weighted by molar-refractivity contribution is 0.491. The zero-order valence-electron chi connectivity index (χ0n) is 8.34. The maximum absolute atomic E-state index is 13.4. The third kappa shape index (κ3) is 1.62. The van der Waals surface area contributed by atoms with Gasteiger partial charge < -0.3 is 5.73 Å². The molecule has 16 heavy (non-hydrogen) atoms. The van der Waals surface area contributed by atoms with Crippen LogP contribution in [0.3, 0.4) is 0 Å². The summed E-state index contributed by atoms with van der Waals surface area (Å²) in [6.45, 7) is 1.66. The van der Waals surface area contributed by atoms with E-state index in [9.17, 15) is 13.2 Å². The van der Waals surface area contributed by atoms with E-state index in [0.717, 1.165) is 4.68 Å². The lowest BCUT2D eigenvalue weighted by atomic mass is 10.3. The second-order valence-corrected chi connectivity index (χ2v) is 3.34. The smallest absolute Gasteiger partial charge is 0.161 e. The number of nitrogens with zero attached hydrogens (tertiary/aromatic N) is 2. The van der Waals surface area contributed by atoms with E-state index < -0.39 is 17.5 Å². The van der Waals surface area contributed by atoms with Gasteiger partial charge in [0.25, 0.3) is 0 Å². The van der Waals surface area contributed by atoms with Crippen molar-refractivity contribution in [3.8, 4) is 5.69 Å². The van der Waals surface area contributed by atoms with Gasteiger partial charge in [0.05, 0.1) is 5.69 Å². The number of nitrogens with two attached hydrogens (primary N) is 1. The van der Waals surface area contributed by atoms with Crippen LogP contribution in [0.2, 0.25) is 0 Å². The van der Waals surface area contributed by atoms with Gasteiger partial charge in [-0.15, -0.1) is 0 Å². The van der Waals surface area contributed by atoms with Gasteiger partial charge in [0.1, 0.15) is 11.5 Å². The summed E-state index contributed by atoms with van der Waals surface area (Å²) in [4.78, 5) is 0. The molecule has 0 amide bonds. The number of aromatic nitrogens is 2. The Labute approximate surface area is 89.3 Å². The Morgan fingerprint density at radius 1 is 1.06 bits per heavy atom. The first-order chi connectivity index (χ1) is 7.49. The molecule has 0 saturated carbocycles. The molecule has 1 aromatic heterocycles. The van der Waals surface area contributed by atoms with Gasteiger partial charge >= 0.3 is 0 Å². The summed E-state index contributed by atoms with van der Waals surface area (Å²) in [5.74, 6) is -3.16. The predicted molar refractivity (Wildman–Crippen MR) is 52.6 cm³/mol. The molecule has 0 aliphatic rings. The van der Waals surface area contributed by atoms with Crippen molar-refractivity contribution in [3.63, 3.8) is 0 Å². The van der Waals surface area contributed by atoms with Crippen LogP contribution < -0.4 is 5.73 Å². The molecule has 1 aromatic carbocycles. The molecule has 0 fully saturated rings. The summed E-state index contributed by atoms with van der Waals surface area (Å²) in [6, 6.07) is 2.68. The van der Waals surface area contributed by atoms with E-state index in [-0.39, 0.29) is 11.5 Å². The van der Waals surface area contributed by atoms with Crippen molar-refractivity contribution in [1.29, 1.82) is 0 Å². The molecular formula is C10H8F3N3. The molecular weight excluding hydrogens is 219 g/mol. The first-order valence-corrected chi connectivity index (χ1v) is 4.46. The number of aryl methyl sites for hydroxylation is 1. The fraction of sp³-hybridized carbons (Fsp3) is 0.100. The average molecular weight is 227 g/mol. The van der Waals surface area contributed by atoms with Gasteiger partial charge in [0.2, 0.25) is 0 Å². The Hall–Kier alpha value is -1.98. The molecule has 0 radical (unpaired) electrons. The highest BCUT2D eigenvalue weighted by Gasteiger charge is 2.14. The van der Waals surface area contributed by atoms with Gasteiger partial charge in [-0.25, -0.2) is 17.9 Å². The zero-order valence-corrected chi connectivity index (χ0v) is 8.34. The summed E-state index contributed by atoms with van der Waals surface area (Å²) < 4.78 is 40.1. The Morgan fingerprint density at radius 3 is 2.25 bits per heavy atom. The van der Waals surface area contributed by atoms with Crippen molar-refractivity contribution in [1.82, 2.24) is 9.78 Å². The quantitative estimate of drug-likeness (QED) is 0.759. The van der Waals surface area contributed by atoms with Gasteiger partial charge in [-0.05, 0) is 6.92 Å². The largest absolute Gasteiger partial charge is 0.384 e. The van der Waals surface area contributed by atoms with E-state index in [4.69, 9.17) is 5.73 Å². The van der Waals surface area contributed by atoms with E-state index in [1.807, 2.05) is 0 Å². The fourth-order valence-electron chi connectivity index (χ4n) is 1.39. The number of rotatable bonds is 1. The molecule has 0 aliphatic heterocycles.